The lowest BCUT2D eigenvalue weighted by atomic mass is 9.87. The van der Waals surface area contributed by atoms with Gasteiger partial charge < -0.3 is 15.1 Å². The van der Waals surface area contributed by atoms with Crippen LogP contribution in [-0.2, 0) is 11.8 Å². The Morgan fingerprint density at radius 3 is 2.76 bits per heavy atom. The van der Waals surface area contributed by atoms with Gasteiger partial charge in [-0.3, -0.25) is 14.5 Å². The number of amides is 1. The first-order valence-electron chi connectivity index (χ1n) is 9.42. The third kappa shape index (κ3) is 4.52. The predicted molar refractivity (Wildman–Crippen MR) is 99.7 cm³/mol. The van der Waals surface area contributed by atoms with E-state index in [1.807, 2.05) is 13.2 Å². The van der Waals surface area contributed by atoms with Gasteiger partial charge in [0.15, 0.2) is 5.96 Å². The summed E-state index contributed by atoms with van der Waals surface area (Å²) in [5.41, 5.74) is 0.868. The lowest BCUT2D eigenvalue weighted by molar-refractivity contribution is -0.120. The van der Waals surface area contributed by atoms with Crippen molar-refractivity contribution in [3.63, 3.8) is 0 Å². The monoisotopic (exact) mass is 346 g/mol. The van der Waals surface area contributed by atoms with Gasteiger partial charge in [-0.15, -0.1) is 0 Å². The highest BCUT2D eigenvalue weighted by atomic mass is 16.2. The Labute approximate surface area is 150 Å². The second-order valence-corrected chi connectivity index (χ2v) is 7.11. The minimum atomic E-state index is 0.0921. The van der Waals surface area contributed by atoms with Crippen molar-refractivity contribution in [2.24, 2.45) is 18.0 Å². The first-order chi connectivity index (χ1) is 12.2. The summed E-state index contributed by atoms with van der Waals surface area (Å²) in [7, 11) is 3.66. The van der Waals surface area contributed by atoms with E-state index in [2.05, 4.69) is 20.3 Å². The van der Waals surface area contributed by atoms with Crippen molar-refractivity contribution in [3.05, 3.63) is 12.4 Å². The van der Waals surface area contributed by atoms with Gasteiger partial charge >= 0.3 is 0 Å². The number of rotatable bonds is 4. The molecule has 138 valence electrons. The molecule has 2 fully saturated rings. The van der Waals surface area contributed by atoms with E-state index in [1.54, 1.807) is 22.8 Å². The smallest absolute Gasteiger partial charge is 0.246 e. The summed E-state index contributed by atoms with van der Waals surface area (Å²) in [5, 5.41) is 7.61. The Hall–Kier alpha value is -2.05. The molecule has 0 bridgehead atoms. The number of carbonyl (C=O) groups is 1. The second-order valence-electron chi connectivity index (χ2n) is 7.11. The fraction of sp³-hybridized carbons (Fsp3) is 0.722. The van der Waals surface area contributed by atoms with Crippen LogP contribution in [0.25, 0.3) is 0 Å². The van der Waals surface area contributed by atoms with Gasteiger partial charge in [0.25, 0.3) is 0 Å². The molecule has 1 saturated carbocycles. The summed E-state index contributed by atoms with van der Waals surface area (Å²) in [6.07, 6.45) is 11.7. The van der Waals surface area contributed by atoms with E-state index >= 15 is 0 Å². The minimum absolute atomic E-state index is 0.0921. The fourth-order valence-electron chi connectivity index (χ4n) is 3.87. The Morgan fingerprint density at radius 2 is 2.12 bits per heavy atom. The molecule has 3 rings (SSSR count). The quantitative estimate of drug-likeness (QED) is 0.664. The van der Waals surface area contributed by atoms with E-state index in [-0.39, 0.29) is 5.91 Å². The molecule has 1 aliphatic heterocycles. The van der Waals surface area contributed by atoms with Crippen LogP contribution in [0, 0.1) is 5.92 Å². The van der Waals surface area contributed by atoms with Crippen LogP contribution < -0.4 is 10.2 Å². The zero-order valence-corrected chi connectivity index (χ0v) is 15.4. The van der Waals surface area contributed by atoms with Crippen molar-refractivity contribution in [2.45, 2.75) is 38.5 Å². The number of piperazine rings is 1. The van der Waals surface area contributed by atoms with Crippen LogP contribution in [0.1, 0.15) is 38.5 Å². The summed E-state index contributed by atoms with van der Waals surface area (Å²) >= 11 is 0. The van der Waals surface area contributed by atoms with Crippen LogP contribution in [0.2, 0.25) is 0 Å². The Balaban J connectivity index is 1.48. The second kappa shape index (κ2) is 8.36. The molecule has 0 aromatic carbocycles. The van der Waals surface area contributed by atoms with Gasteiger partial charge in [0, 0.05) is 39.9 Å². The number of nitrogens with one attached hydrogen (secondary N) is 1. The van der Waals surface area contributed by atoms with Crippen molar-refractivity contribution in [2.75, 3.05) is 38.1 Å². The van der Waals surface area contributed by atoms with E-state index in [4.69, 9.17) is 0 Å². The van der Waals surface area contributed by atoms with Crippen molar-refractivity contribution in [1.82, 2.24) is 20.0 Å². The molecule has 1 saturated heterocycles. The summed E-state index contributed by atoms with van der Waals surface area (Å²) in [6, 6.07) is 0. The normalized spacial score (nSPS) is 20.2. The summed E-state index contributed by atoms with van der Waals surface area (Å²) in [6.45, 7) is 2.74. The van der Waals surface area contributed by atoms with Crippen LogP contribution in [-0.4, -0.2) is 59.8 Å². The zero-order chi connectivity index (χ0) is 17.6. The molecule has 1 amide bonds. The molecule has 1 N–H and O–H groups in total. The summed E-state index contributed by atoms with van der Waals surface area (Å²) in [4.78, 5) is 20.8. The fourth-order valence-corrected chi connectivity index (χ4v) is 3.87. The molecular formula is C18H30N6O. The third-order valence-electron chi connectivity index (χ3n) is 5.30. The average Bonchev–Trinajstić information content (AvgIpc) is 3.05. The van der Waals surface area contributed by atoms with Gasteiger partial charge in [-0.25, -0.2) is 0 Å². The Morgan fingerprint density at radius 1 is 1.32 bits per heavy atom. The molecule has 0 atom stereocenters. The summed E-state index contributed by atoms with van der Waals surface area (Å²) < 4.78 is 1.72. The lowest BCUT2D eigenvalue weighted by Crippen LogP contribution is -2.55. The maximum Gasteiger partial charge on any atom is 0.246 e. The topological polar surface area (TPSA) is 65.8 Å². The maximum absolute atomic E-state index is 12.5. The standard InChI is InChI=1S/C18H30N6O/c1-19-18(20-9-8-15-6-4-3-5-7-15)23-10-11-24(17(25)14-23)16-12-21-22(2)13-16/h12-13,15H,3-11,14H2,1-2H3,(H,19,20). The first-order valence-corrected chi connectivity index (χ1v) is 9.42. The largest absolute Gasteiger partial charge is 0.356 e. The maximum atomic E-state index is 12.5. The summed E-state index contributed by atoms with van der Waals surface area (Å²) in [5.74, 6) is 1.79. The number of aryl methyl sites for hydroxylation is 1. The number of anilines is 1. The molecule has 7 nitrogen and oxygen atoms in total. The Bertz CT molecular complexity index is 604. The predicted octanol–water partition coefficient (Wildman–Crippen LogP) is 1.61. The highest BCUT2D eigenvalue weighted by Crippen LogP contribution is 2.25. The number of hydrogen-bond donors (Lipinski definition) is 1. The molecule has 1 aliphatic carbocycles. The van der Waals surface area contributed by atoms with E-state index in [0.29, 0.717) is 13.1 Å². The van der Waals surface area contributed by atoms with Crippen LogP contribution >= 0.6 is 0 Å². The van der Waals surface area contributed by atoms with Crippen LogP contribution in [0.5, 0.6) is 0 Å². The number of carbonyl (C=O) groups excluding carboxylic acids is 1. The third-order valence-corrected chi connectivity index (χ3v) is 5.30. The molecule has 1 aromatic rings. The molecule has 0 radical (unpaired) electrons. The number of nitrogens with zero attached hydrogens (tertiary/aromatic N) is 5. The Kier molecular flexibility index (Phi) is 5.94. The van der Waals surface area contributed by atoms with Crippen molar-refractivity contribution in [1.29, 1.82) is 0 Å². The molecular weight excluding hydrogens is 316 g/mol. The van der Waals surface area contributed by atoms with E-state index < -0.39 is 0 Å². The molecule has 0 spiro atoms. The highest BCUT2D eigenvalue weighted by molar-refractivity contribution is 5.98. The van der Waals surface area contributed by atoms with Gasteiger partial charge in [-0.2, -0.15) is 5.10 Å². The molecule has 0 unspecified atom stereocenters. The number of aromatic nitrogens is 2. The average molecular weight is 346 g/mol. The number of hydrogen-bond acceptors (Lipinski definition) is 3. The van der Waals surface area contributed by atoms with Gasteiger partial charge in [0.05, 0.1) is 11.9 Å². The van der Waals surface area contributed by atoms with Crippen molar-refractivity contribution >= 4 is 17.6 Å². The first kappa shape index (κ1) is 17.8. The van der Waals surface area contributed by atoms with E-state index in [1.165, 1.54) is 38.5 Å². The highest BCUT2D eigenvalue weighted by Gasteiger charge is 2.27. The van der Waals surface area contributed by atoms with Crippen molar-refractivity contribution < 1.29 is 4.79 Å². The number of aliphatic imine (C=N–C) groups is 1. The molecule has 2 aliphatic rings. The van der Waals surface area contributed by atoms with Gasteiger partial charge in [-0.05, 0) is 12.3 Å². The minimum Gasteiger partial charge on any atom is -0.356 e. The zero-order valence-electron chi connectivity index (χ0n) is 15.4. The van der Waals surface area contributed by atoms with Crippen LogP contribution in [0.3, 0.4) is 0 Å². The number of guanidine groups is 1. The lowest BCUT2D eigenvalue weighted by Gasteiger charge is -2.35. The van der Waals surface area contributed by atoms with Crippen molar-refractivity contribution in [3.8, 4) is 0 Å². The van der Waals surface area contributed by atoms with Gasteiger partial charge in [-0.1, -0.05) is 32.1 Å². The van der Waals surface area contributed by atoms with Gasteiger partial charge in [0.1, 0.15) is 6.54 Å². The van der Waals surface area contributed by atoms with E-state index in [9.17, 15) is 4.79 Å². The SMILES string of the molecule is CN=C(NCCC1CCCCC1)N1CCN(c2cnn(C)c2)C(=O)C1. The van der Waals surface area contributed by atoms with Crippen LogP contribution in [0.4, 0.5) is 5.69 Å². The van der Waals surface area contributed by atoms with Crippen LogP contribution in [0.15, 0.2) is 17.4 Å². The molecule has 2 heterocycles. The van der Waals surface area contributed by atoms with E-state index in [0.717, 1.165) is 30.7 Å². The molecule has 7 heteroatoms. The van der Waals surface area contributed by atoms with Gasteiger partial charge in [0.2, 0.25) is 5.91 Å². The molecule has 1 aromatic heterocycles. The molecule has 25 heavy (non-hydrogen) atoms.